The molecule has 2 unspecified atom stereocenters. The van der Waals surface area contributed by atoms with Crippen LogP contribution in [-0.4, -0.2) is 37.4 Å². The lowest BCUT2D eigenvalue weighted by Gasteiger charge is -2.23. The van der Waals surface area contributed by atoms with Crippen LogP contribution in [0.15, 0.2) is 0 Å². The van der Waals surface area contributed by atoms with Gasteiger partial charge < -0.3 is 0 Å². The summed E-state index contributed by atoms with van der Waals surface area (Å²) in [5.41, 5.74) is 0. The molecule has 0 aliphatic rings. The first-order valence-electron chi connectivity index (χ1n) is 7.45. The van der Waals surface area contributed by atoms with Gasteiger partial charge in [0.1, 0.15) is 0 Å². The van der Waals surface area contributed by atoms with Crippen molar-refractivity contribution < 1.29 is 25.9 Å². The van der Waals surface area contributed by atoms with Crippen LogP contribution in [0.4, 0.5) is 0 Å². The zero-order chi connectivity index (χ0) is 16.5. The van der Waals surface area contributed by atoms with Crippen molar-refractivity contribution in [2.75, 3.05) is 11.5 Å². The quantitative estimate of drug-likeness (QED) is 0.416. The van der Waals surface area contributed by atoms with Gasteiger partial charge in [-0.05, 0) is 24.7 Å². The maximum absolute atomic E-state index is 10.9. The lowest BCUT2D eigenvalue weighted by atomic mass is 9.85. The SMILES string of the molecule is CCCCCCC(CCS(=O)(=O)O)C(C)CCS(=O)(=O)O. The second kappa shape index (κ2) is 9.76. The van der Waals surface area contributed by atoms with Gasteiger partial charge in [-0.3, -0.25) is 9.11 Å². The van der Waals surface area contributed by atoms with Gasteiger partial charge in [0.25, 0.3) is 20.2 Å². The number of rotatable bonds is 12. The topological polar surface area (TPSA) is 109 Å². The van der Waals surface area contributed by atoms with Crippen molar-refractivity contribution >= 4 is 20.2 Å². The van der Waals surface area contributed by atoms with Crippen molar-refractivity contribution in [3.63, 3.8) is 0 Å². The predicted octanol–water partition coefficient (Wildman–Crippen LogP) is 2.76. The number of unbranched alkanes of at least 4 members (excludes halogenated alkanes) is 3. The smallest absolute Gasteiger partial charge is 0.264 e. The molecule has 0 aliphatic carbocycles. The third-order valence-corrected chi connectivity index (χ3v) is 5.31. The molecule has 0 rings (SSSR count). The number of hydrogen-bond donors (Lipinski definition) is 2. The van der Waals surface area contributed by atoms with E-state index >= 15 is 0 Å². The lowest BCUT2D eigenvalue weighted by molar-refractivity contribution is 0.304. The van der Waals surface area contributed by atoms with Crippen molar-refractivity contribution in [3.8, 4) is 0 Å². The van der Waals surface area contributed by atoms with E-state index in [0.29, 0.717) is 12.8 Å². The molecule has 0 saturated carbocycles. The largest absolute Gasteiger partial charge is 0.286 e. The van der Waals surface area contributed by atoms with Gasteiger partial charge in [-0.1, -0.05) is 46.0 Å². The molecular weight excluding hydrogens is 316 g/mol. The first kappa shape index (κ1) is 20.8. The normalized spacial score (nSPS) is 15.8. The minimum absolute atomic E-state index is 0.0182. The van der Waals surface area contributed by atoms with E-state index in [0.717, 1.165) is 32.1 Å². The van der Waals surface area contributed by atoms with E-state index in [4.69, 9.17) is 9.11 Å². The van der Waals surface area contributed by atoms with Crippen LogP contribution in [0.25, 0.3) is 0 Å². The molecule has 6 nitrogen and oxygen atoms in total. The molecule has 0 aromatic heterocycles. The van der Waals surface area contributed by atoms with Gasteiger partial charge in [0, 0.05) is 0 Å². The summed E-state index contributed by atoms with van der Waals surface area (Å²) in [6, 6.07) is 0. The zero-order valence-corrected chi connectivity index (χ0v) is 14.5. The van der Waals surface area contributed by atoms with Crippen molar-refractivity contribution in [1.82, 2.24) is 0 Å². The highest BCUT2D eigenvalue weighted by Crippen LogP contribution is 2.26. The Labute approximate surface area is 128 Å². The van der Waals surface area contributed by atoms with Crippen LogP contribution in [-0.2, 0) is 20.2 Å². The standard InChI is InChI=1S/C13H28O6S2/c1-3-4-5-6-7-13(9-11-21(17,18)19)12(2)8-10-20(14,15)16/h12-13H,3-11H2,1-2H3,(H,14,15,16)(H,17,18,19). The molecule has 2 atom stereocenters. The second-order valence-electron chi connectivity index (χ2n) is 5.74. The Morgan fingerprint density at radius 1 is 0.810 bits per heavy atom. The van der Waals surface area contributed by atoms with Crippen LogP contribution in [0.5, 0.6) is 0 Å². The maximum atomic E-state index is 10.9. The predicted molar refractivity (Wildman–Crippen MR) is 83.5 cm³/mol. The molecule has 128 valence electrons. The van der Waals surface area contributed by atoms with E-state index in [1.807, 2.05) is 6.92 Å². The summed E-state index contributed by atoms with van der Waals surface area (Å²) in [5, 5.41) is 0. The average molecular weight is 344 g/mol. The van der Waals surface area contributed by atoms with Crippen molar-refractivity contribution in [2.45, 2.75) is 58.8 Å². The van der Waals surface area contributed by atoms with E-state index in [1.165, 1.54) is 0 Å². The van der Waals surface area contributed by atoms with Crippen LogP contribution in [0.2, 0.25) is 0 Å². The van der Waals surface area contributed by atoms with E-state index in [2.05, 4.69) is 6.92 Å². The molecule has 0 bridgehead atoms. The van der Waals surface area contributed by atoms with Crippen LogP contribution < -0.4 is 0 Å². The monoisotopic (exact) mass is 344 g/mol. The molecule has 0 amide bonds. The molecule has 0 fully saturated rings. The Bertz CT molecular complexity index is 469. The van der Waals surface area contributed by atoms with Gasteiger partial charge in [0.05, 0.1) is 11.5 Å². The Morgan fingerprint density at radius 2 is 1.33 bits per heavy atom. The van der Waals surface area contributed by atoms with Crippen LogP contribution >= 0.6 is 0 Å². The van der Waals surface area contributed by atoms with Crippen LogP contribution in [0.1, 0.15) is 58.8 Å². The summed E-state index contributed by atoms with van der Waals surface area (Å²) >= 11 is 0. The molecule has 0 aromatic carbocycles. The minimum atomic E-state index is -4.00. The third-order valence-electron chi connectivity index (χ3n) is 3.81. The summed E-state index contributed by atoms with van der Waals surface area (Å²) in [6.07, 6.45) is 5.66. The molecule has 0 aromatic rings. The molecule has 21 heavy (non-hydrogen) atoms. The molecule has 0 heterocycles. The molecular formula is C13H28O6S2. The molecule has 2 N–H and O–H groups in total. The van der Waals surface area contributed by atoms with Gasteiger partial charge in [-0.2, -0.15) is 16.8 Å². The van der Waals surface area contributed by atoms with Crippen molar-refractivity contribution in [2.24, 2.45) is 11.8 Å². The van der Waals surface area contributed by atoms with Gasteiger partial charge in [-0.15, -0.1) is 0 Å². The molecule has 0 radical (unpaired) electrons. The highest BCUT2D eigenvalue weighted by atomic mass is 32.2. The van der Waals surface area contributed by atoms with Crippen LogP contribution in [0.3, 0.4) is 0 Å². The Hall–Kier alpha value is -0.180. The Kier molecular flexibility index (Phi) is 9.68. The highest BCUT2D eigenvalue weighted by molar-refractivity contribution is 7.86. The fourth-order valence-electron chi connectivity index (χ4n) is 2.42. The van der Waals surface area contributed by atoms with E-state index < -0.39 is 20.2 Å². The average Bonchev–Trinajstić information content (AvgIpc) is 2.33. The summed E-state index contributed by atoms with van der Waals surface area (Å²) in [5.74, 6) is -0.603. The summed E-state index contributed by atoms with van der Waals surface area (Å²) in [4.78, 5) is 0. The minimum Gasteiger partial charge on any atom is -0.286 e. The van der Waals surface area contributed by atoms with Gasteiger partial charge in [0.2, 0.25) is 0 Å². The van der Waals surface area contributed by atoms with Gasteiger partial charge in [0.15, 0.2) is 0 Å². The van der Waals surface area contributed by atoms with Crippen molar-refractivity contribution in [1.29, 1.82) is 0 Å². The fourth-order valence-corrected chi connectivity index (χ4v) is 3.69. The summed E-state index contributed by atoms with van der Waals surface area (Å²) in [6.45, 7) is 3.96. The van der Waals surface area contributed by atoms with E-state index in [-0.39, 0.29) is 23.3 Å². The van der Waals surface area contributed by atoms with E-state index in [9.17, 15) is 16.8 Å². The number of hydrogen-bond acceptors (Lipinski definition) is 4. The molecule has 0 spiro atoms. The zero-order valence-electron chi connectivity index (χ0n) is 12.9. The first-order chi connectivity index (χ1) is 9.55. The maximum Gasteiger partial charge on any atom is 0.264 e. The highest BCUT2D eigenvalue weighted by Gasteiger charge is 2.21. The summed E-state index contributed by atoms with van der Waals surface area (Å²) < 4.78 is 61.0. The first-order valence-corrected chi connectivity index (χ1v) is 10.7. The van der Waals surface area contributed by atoms with E-state index in [1.54, 1.807) is 0 Å². The van der Waals surface area contributed by atoms with Gasteiger partial charge in [-0.25, -0.2) is 0 Å². The summed E-state index contributed by atoms with van der Waals surface area (Å²) in [7, 11) is -7.99. The molecule has 8 heteroatoms. The van der Waals surface area contributed by atoms with Crippen molar-refractivity contribution in [3.05, 3.63) is 0 Å². The van der Waals surface area contributed by atoms with Gasteiger partial charge >= 0.3 is 0 Å². The molecule has 0 aliphatic heterocycles. The second-order valence-corrected chi connectivity index (χ2v) is 8.88. The third kappa shape index (κ3) is 13.2. The molecule has 0 saturated heterocycles. The van der Waals surface area contributed by atoms with Crippen LogP contribution in [0, 0.1) is 11.8 Å². The fraction of sp³-hybridized carbons (Fsp3) is 1.00. The Balaban J connectivity index is 4.46. The Morgan fingerprint density at radius 3 is 1.81 bits per heavy atom. The lowest BCUT2D eigenvalue weighted by Crippen LogP contribution is -2.19.